The van der Waals surface area contributed by atoms with Gasteiger partial charge in [-0.25, -0.2) is 0 Å². The summed E-state index contributed by atoms with van der Waals surface area (Å²) < 4.78 is 7.08. The highest BCUT2D eigenvalue weighted by atomic mass is 16.5. The molecule has 0 amide bonds. The number of likely N-dealkylation sites (N-methyl/N-ethyl adjacent to an activating group) is 1. The smallest absolute Gasteiger partial charge is 0.191 e. The van der Waals surface area contributed by atoms with E-state index in [1.165, 1.54) is 0 Å². The van der Waals surface area contributed by atoms with Crippen LogP contribution in [0, 0.1) is 0 Å². The predicted octanol–water partition coefficient (Wildman–Crippen LogP) is 0.405. The molecule has 2 N–H and O–H groups in total. The van der Waals surface area contributed by atoms with E-state index in [2.05, 4.69) is 37.8 Å². The van der Waals surface area contributed by atoms with Gasteiger partial charge in [-0.2, -0.15) is 0 Å². The van der Waals surface area contributed by atoms with E-state index in [-0.39, 0.29) is 0 Å². The van der Waals surface area contributed by atoms with Crippen LogP contribution >= 0.6 is 0 Å². The quantitative estimate of drug-likeness (QED) is 0.368. The molecule has 2 aromatic heterocycles. The van der Waals surface area contributed by atoms with Crippen molar-refractivity contribution in [1.82, 2.24) is 30.1 Å². The summed E-state index contributed by atoms with van der Waals surface area (Å²) in [6.07, 6.45) is 3.81. The molecule has 25 heavy (non-hydrogen) atoms. The largest absolute Gasteiger partial charge is 0.385 e. The van der Waals surface area contributed by atoms with Crippen LogP contribution < -0.4 is 10.6 Å². The Morgan fingerprint density at radius 2 is 2.08 bits per heavy atom. The van der Waals surface area contributed by atoms with Gasteiger partial charge in [-0.3, -0.25) is 9.39 Å². The maximum Gasteiger partial charge on any atom is 0.191 e. The molecule has 0 radical (unpaired) electrons. The van der Waals surface area contributed by atoms with Crippen molar-refractivity contribution >= 4 is 11.6 Å². The number of aliphatic imine (C=N–C) groups is 1. The molecule has 0 saturated carbocycles. The molecule has 8 nitrogen and oxygen atoms in total. The van der Waals surface area contributed by atoms with Crippen molar-refractivity contribution in [3.63, 3.8) is 0 Å². The van der Waals surface area contributed by atoms with Crippen molar-refractivity contribution in [2.24, 2.45) is 4.99 Å². The van der Waals surface area contributed by atoms with Crippen LogP contribution in [0.2, 0.25) is 0 Å². The minimum atomic E-state index is 0.749. The number of guanidine groups is 1. The highest BCUT2D eigenvalue weighted by Crippen LogP contribution is 2.02. The maximum atomic E-state index is 5.07. The zero-order valence-electron chi connectivity index (χ0n) is 15.4. The van der Waals surface area contributed by atoms with Gasteiger partial charge in [0.25, 0.3) is 0 Å². The molecular weight excluding hydrogens is 318 g/mol. The number of nitrogens with zero attached hydrogens (tertiary/aromatic N) is 5. The van der Waals surface area contributed by atoms with Gasteiger partial charge in [0.1, 0.15) is 5.82 Å². The van der Waals surface area contributed by atoms with Crippen LogP contribution in [0.1, 0.15) is 12.2 Å². The van der Waals surface area contributed by atoms with Gasteiger partial charge in [0.2, 0.25) is 0 Å². The van der Waals surface area contributed by atoms with Crippen molar-refractivity contribution in [2.45, 2.75) is 12.8 Å². The lowest BCUT2D eigenvalue weighted by molar-refractivity contribution is 0.180. The third-order valence-corrected chi connectivity index (χ3v) is 3.92. The Bertz CT molecular complexity index is 655. The third-order valence-electron chi connectivity index (χ3n) is 3.92. The van der Waals surface area contributed by atoms with E-state index in [9.17, 15) is 0 Å². The van der Waals surface area contributed by atoms with Crippen molar-refractivity contribution in [1.29, 1.82) is 0 Å². The number of aromatic nitrogens is 3. The average Bonchev–Trinajstić information content (AvgIpc) is 3.04. The maximum absolute atomic E-state index is 5.07. The predicted molar refractivity (Wildman–Crippen MR) is 100 cm³/mol. The van der Waals surface area contributed by atoms with E-state index < -0.39 is 0 Å². The second-order valence-corrected chi connectivity index (χ2v) is 5.87. The fourth-order valence-electron chi connectivity index (χ4n) is 2.53. The first-order valence-electron chi connectivity index (χ1n) is 8.65. The molecule has 0 aromatic carbocycles. The topological polar surface area (TPSA) is 79.1 Å². The zero-order valence-corrected chi connectivity index (χ0v) is 15.4. The fraction of sp³-hybridized carbons (Fsp3) is 0.588. The number of nitrogens with one attached hydrogen (secondary N) is 2. The lowest BCUT2D eigenvalue weighted by Gasteiger charge is -2.18. The molecule has 8 heteroatoms. The van der Waals surface area contributed by atoms with Gasteiger partial charge in [-0.05, 0) is 25.6 Å². The first-order valence-corrected chi connectivity index (χ1v) is 8.65. The van der Waals surface area contributed by atoms with Crippen LogP contribution in [-0.2, 0) is 11.2 Å². The van der Waals surface area contributed by atoms with Crippen molar-refractivity contribution in [3.8, 4) is 0 Å². The van der Waals surface area contributed by atoms with Crippen LogP contribution in [0.15, 0.2) is 29.4 Å². The van der Waals surface area contributed by atoms with Gasteiger partial charge in [0, 0.05) is 59.6 Å². The molecule has 2 aromatic rings. The molecule has 0 fully saturated rings. The zero-order chi connectivity index (χ0) is 17.9. The molecular formula is C17H29N7O. The van der Waals surface area contributed by atoms with E-state index in [0.717, 1.165) is 63.1 Å². The van der Waals surface area contributed by atoms with Gasteiger partial charge in [0.05, 0.1) is 0 Å². The average molecular weight is 347 g/mol. The Morgan fingerprint density at radius 1 is 1.24 bits per heavy atom. The standard InChI is InChI=1S/C17H29N7O/c1-18-17(20-10-13-23(2)11-6-14-25-3)19-9-8-16-22-21-15-7-4-5-12-24(15)16/h4-5,7,12H,6,8-11,13-14H2,1-3H3,(H2,18,19,20). The summed E-state index contributed by atoms with van der Waals surface area (Å²) in [6, 6.07) is 5.90. The lowest BCUT2D eigenvalue weighted by Crippen LogP contribution is -2.41. The molecule has 0 bridgehead atoms. The number of methoxy groups -OCH3 is 1. The van der Waals surface area contributed by atoms with Crippen LogP contribution in [0.4, 0.5) is 0 Å². The second kappa shape index (κ2) is 10.6. The summed E-state index contributed by atoms with van der Waals surface area (Å²) in [5, 5.41) is 15.0. The Morgan fingerprint density at radius 3 is 2.88 bits per heavy atom. The van der Waals surface area contributed by atoms with E-state index in [1.54, 1.807) is 14.2 Å². The number of pyridine rings is 1. The SMILES string of the molecule is CN=C(NCCc1nnc2ccccn12)NCCN(C)CCCOC. The number of rotatable bonds is 10. The van der Waals surface area contributed by atoms with Gasteiger partial charge in [-0.15, -0.1) is 10.2 Å². The highest BCUT2D eigenvalue weighted by Gasteiger charge is 2.05. The van der Waals surface area contributed by atoms with E-state index in [0.29, 0.717) is 0 Å². The molecule has 0 aliphatic heterocycles. The van der Waals surface area contributed by atoms with Gasteiger partial charge in [0.15, 0.2) is 11.6 Å². The summed E-state index contributed by atoms with van der Waals surface area (Å²) in [4.78, 5) is 6.53. The molecule has 2 rings (SSSR count). The first kappa shape index (κ1) is 19.1. The van der Waals surface area contributed by atoms with Gasteiger partial charge >= 0.3 is 0 Å². The minimum absolute atomic E-state index is 0.749. The Balaban J connectivity index is 1.67. The van der Waals surface area contributed by atoms with E-state index in [1.807, 2.05) is 28.8 Å². The van der Waals surface area contributed by atoms with Crippen LogP contribution in [-0.4, -0.2) is 79.4 Å². The molecule has 0 unspecified atom stereocenters. The molecule has 0 spiro atoms. The first-order chi connectivity index (χ1) is 12.2. The Hall–Kier alpha value is -2.19. The van der Waals surface area contributed by atoms with Crippen LogP contribution in [0.25, 0.3) is 5.65 Å². The normalized spacial score (nSPS) is 12.1. The van der Waals surface area contributed by atoms with Gasteiger partial charge in [-0.1, -0.05) is 6.07 Å². The van der Waals surface area contributed by atoms with Crippen molar-refractivity contribution < 1.29 is 4.74 Å². The second-order valence-electron chi connectivity index (χ2n) is 5.87. The molecule has 0 saturated heterocycles. The fourth-order valence-corrected chi connectivity index (χ4v) is 2.53. The molecule has 0 aliphatic carbocycles. The van der Waals surface area contributed by atoms with Gasteiger partial charge < -0.3 is 20.3 Å². The number of ether oxygens (including phenoxy) is 1. The third kappa shape index (κ3) is 6.32. The summed E-state index contributed by atoms with van der Waals surface area (Å²) in [5.74, 6) is 1.75. The van der Waals surface area contributed by atoms with Crippen molar-refractivity contribution in [2.75, 3.05) is 54.0 Å². The molecule has 2 heterocycles. The molecule has 0 atom stereocenters. The Kier molecular flexibility index (Phi) is 8.14. The number of hydrogen-bond donors (Lipinski definition) is 2. The molecule has 0 aliphatic rings. The monoisotopic (exact) mass is 347 g/mol. The molecule has 138 valence electrons. The Labute approximate surface area is 149 Å². The summed E-state index contributed by atoms with van der Waals surface area (Å²) in [6.45, 7) is 4.38. The number of fused-ring (bicyclic) bond motifs is 1. The van der Waals surface area contributed by atoms with E-state index in [4.69, 9.17) is 4.74 Å². The van der Waals surface area contributed by atoms with Crippen LogP contribution in [0.3, 0.4) is 0 Å². The van der Waals surface area contributed by atoms with Crippen molar-refractivity contribution in [3.05, 3.63) is 30.2 Å². The van der Waals surface area contributed by atoms with Crippen LogP contribution in [0.5, 0.6) is 0 Å². The summed E-state index contributed by atoms with van der Waals surface area (Å²) in [5.41, 5.74) is 0.872. The highest BCUT2D eigenvalue weighted by molar-refractivity contribution is 5.79. The summed E-state index contributed by atoms with van der Waals surface area (Å²) in [7, 11) is 5.63. The number of hydrogen-bond acceptors (Lipinski definition) is 5. The lowest BCUT2D eigenvalue weighted by atomic mass is 10.4. The minimum Gasteiger partial charge on any atom is -0.385 e. The van der Waals surface area contributed by atoms with E-state index >= 15 is 0 Å². The summed E-state index contributed by atoms with van der Waals surface area (Å²) >= 11 is 0.